The smallest absolute Gasteiger partial charge is 0.337 e. The molecule has 6 nitrogen and oxygen atoms in total. The van der Waals surface area contributed by atoms with Gasteiger partial charge in [-0.1, -0.05) is 18.2 Å². The molecule has 7 heteroatoms. The first-order valence-corrected chi connectivity index (χ1v) is 10.3. The highest BCUT2D eigenvalue weighted by atomic mass is 32.2. The van der Waals surface area contributed by atoms with E-state index in [4.69, 9.17) is 0 Å². The quantitative estimate of drug-likeness (QED) is 0.737. The van der Waals surface area contributed by atoms with Gasteiger partial charge in [0, 0.05) is 18.2 Å². The predicted octanol–water partition coefficient (Wildman–Crippen LogP) is 2.55. The normalized spacial score (nSPS) is 16.9. The summed E-state index contributed by atoms with van der Waals surface area (Å²) in [6.45, 7) is 0.520. The summed E-state index contributed by atoms with van der Waals surface area (Å²) in [6.07, 6.45) is 1.42. The zero-order valence-corrected chi connectivity index (χ0v) is 15.8. The Bertz CT molecular complexity index is 923. The van der Waals surface area contributed by atoms with Crippen molar-refractivity contribution in [2.24, 2.45) is 0 Å². The monoisotopic (exact) mass is 387 g/mol. The number of hydrogen-bond donors (Lipinski definition) is 0. The summed E-state index contributed by atoms with van der Waals surface area (Å²) in [6, 6.07) is 14.1. The molecule has 3 rings (SSSR count). The van der Waals surface area contributed by atoms with E-state index in [0.717, 1.165) is 6.42 Å². The number of esters is 1. The molecule has 1 aliphatic rings. The maximum absolute atomic E-state index is 12.8. The summed E-state index contributed by atoms with van der Waals surface area (Å²) < 4.78 is 30.0. The lowest BCUT2D eigenvalue weighted by Gasteiger charge is -2.24. The minimum Gasteiger partial charge on any atom is -0.465 e. The highest BCUT2D eigenvalue weighted by Crippen LogP contribution is 2.24. The number of methoxy groups -OCH3 is 1. The van der Waals surface area contributed by atoms with Crippen LogP contribution in [-0.4, -0.2) is 50.6 Å². The number of sulfone groups is 1. The highest BCUT2D eigenvalue weighted by molar-refractivity contribution is 7.91. The molecule has 0 saturated carbocycles. The van der Waals surface area contributed by atoms with Crippen LogP contribution >= 0.6 is 0 Å². The lowest BCUT2D eigenvalue weighted by molar-refractivity contribution is 0.0599. The lowest BCUT2D eigenvalue weighted by Crippen LogP contribution is -2.39. The molecular formula is C20H21NO5S. The molecular weight excluding hydrogens is 366 g/mol. The van der Waals surface area contributed by atoms with E-state index in [1.165, 1.54) is 19.2 Å². The minimum atomic E-state index is -3.47. The highest BCUT2D eigenvalue weighted by Gasteiger charge is 2.33. The molecule has 2 aromatic carbocycles. The number of benzene rings is 2. The molecule has 1 amide bonds. The fourth-order valence-electron chi connectivity index (χ4n) is 3.29. The van der Waals surface area contributed by atoms with Gasteiger partial charge in [0.2, 0.25) is 0 Å². The van der Waals surface area contributed by atoms with E-state index in [0.29, 0.717) is 24.1 Å². The van der Waals surface area contributed by atoms with Gasteiger partial charge in [0.25, 0.3) is 5.91 Å². The van der Waals surface area contributed by atoms with Crippen molar-refractivity contribution >= 4 is 21.7 Å². The van der Waals surface area contributed by atoms with Crippen molar-refractivity contribution in [2.45, 2.75) is 23.8 Å². The van der Waals surface area contributed by atoms with Gasteiger partial charge in [-0.3, -0.25) is 4.79 Å². The van der Waals surface area contributed by atoms with Gasteiger partial charge in [-0.25, -0.2) is 13.2 Å². The second-order valence-corrected chi connectivity index (χ2v) is 8.49. The first-order valence-electron chi connectivity index (χ1n) is 8.69. The fourth-order valence-corrected chi connectivity index (χ4v) is 4.90. The van der Waals surface area contributed by atoms with Gasteiger partial charge in [0.05, 0.1) is 23.3 Å². The minimum absolute atomic E-state index is 0.0942. The number of hydrogen-bond acceptors (Lipinski definition) is 5. The van der Waals surface area contributed by atoms with Crippen molar-refractivity contribution in [2.75, 3.05) is 19.4 Å². The van der Waals surface area contributed by atoms with E-state index < -0.39 is 15.8 Å². The van der Waals surface area contributed by atoms with Crippen LogP contribution in [0.3, 0.4) is 0 Å². The van der Waals surface area contributed by atoms with Crippen LogP contribution in [0.15, 0.2) is 59.5 Å². The Morgan fingerprint density at radius 2 is 1.67 bits per heavy atom. The molecule has 142 valence electrons. The second kappa shape index (κ2) is 7.92. The van der Waals surface area contributed by atoms with Gasteiger partial charge < -0.3 is 9.64 Å². The third kappa shape index (κ3) is 4.19. The van der Waals surface area contributed by atoms with Gasteiger partial charge in [0.15, 0.2) is 9.84 Å². The topological polar surface area (TPSA) is 80.8 Å². The average Bonchev–Trinajstić information content (AvgIpc) is 3.15. The zero-order chi connectivity index (χ0) is 19.4. The van der Waals surface area contributed by atoms with Crippen LogP contribution in [0, 0.1) is 0 Å². The van der Waals surface area contributed by atoms with E-state index in [1.807, 2.05) is 0 Å². The van der Waals surface area contributed by atoms with Gasteiger partial charge in [-0.2, -0.15) is 0 Å². The van der Waals surface area contributed by atoms with Crippen molar-refractivity contribution in [3.8, 4) is 0 Å². The Balaban J connectivity index is 1.76. The van der Waals surface area contributed by atoms with E-state index in [9.17, 15) is 18.0 Å². The van der Waals surface area contributed by atoms with Crippen molar-refractivity contribution in [1.82, 2.24) is 4.90 Å². The van der Waals surface area contributed by atoms with Crippen molar-refractivity contribution in [3.63, 3.8) is 0 Å². The largest absolute Gasteiger partial charge is 0.465 e. The predicted molar refractivity (Wildman–Crippen MR) is 100 cm³/mol. The maximum atomic E-state index is 12.8. The number of ether oxygens (including phenoxy) is 1. The molecule has 1 atom stereocenters. The Hall–Kier alpha value is -2.67. The molecule has 0 aliphatic carbocycles. The maximum Gasteiger partial charge on any atom is 0.337 e. The van der Waals surface area contributed by atoms with Crippen LogP contribution in [-0.2, 0) is 14.6 Å². The van der Waals surface area contributed by atoms with Crippen molar-refractivity contribution < 1.29 is 22.7 Å². The summed E-state index contributed by atoms with van der Waals surface area (Å²) in [4.78, 5) is 26.2. The van der Waals surface area contributed by atoms with Crippen LogP contribution in [0.1, 0.15) is 33.6 Å². The molecule has 1 fully saturated rings. The third-order valence-corrected chi connectivity index (χ3v) is 6.52. The molecule has 0 radical (unpaired) electrons. The Kier molecular flexibility index (Phi) is 5.60. The third-order valence-electron chi connectivity index (χ3n) is 4.71. The fraction of sp³-hybridized carbons (Fsp3) is 0.300. The lowest BCUT2D eigenvalue weighted by atomic mass is 10.1. The van der Waals surface area contributed by atoms with Crippen LogP contribution < -0.4 is 0 Å². The molecule has 0 bridgehead atoms. The Morgan fingerprint density at radius 1 is 1.04 bits per heavy atom. The summed E-state index contributed by atoms with van der Waals surface area (Å²) in [5.41, 5.74) is 0.783. The molecule has 1 heterocycles. The van der Waals surface area contributed by atoms with Gasteiger partial charge >= 0.3 is 5.97 Å². The molecule has 27 heavy (non-hydrogen) atoms. The summed E-state index contributed by atoms with van der Waals surface area (Å²) >= 11 is 0. The number of nitrogens with zero attached hydrogens (tertiary/aromatic N) is 1. The van der Waals surface area contributed by atoms with Crippen LogP contribution in [0.25, 0.3) is 0 Å². The van der Waals surface area contributed by atoms with Crippen molar-refractivity contribution in [1.29, 1.82) is 0 Å². The number of rotatable bonds is 5. The average molecular weight is 387 g/mol. The van der Waals surface area contributed by atoms with Gasteiger partial charge in [0.1, 0.15) is 0 Å². The Morgan fingerprint density at radius 3 is 2.30 bits per heavy atom. The van der Waals surface area contributed by atoms with Crippen LogP contribution in [0.4, 0.5) is 0 Å². The molecule has 0 unspecified atom stereocenters. The van der Waals surface area contributed by atoms with Gasteiger partial charge in [-0.15, -0.1) is 0 Å². The van der Waals surface area contributed by atoms with E-state index in [-0.39, 0.29) is 22.6 Å². The number of likely N-dealkylation sites (tertiary alicyclic amines) is 1. The summed E-state index contributed by atoms with van der Waals surface area (Å²) in [5, 5.41) is 0. The summed E-state index contributed by atoms with van der Waals surface area (Å²) in [7, 11) is -2.17. The summed E-state index contributed by atoms with van der Waals surface area (Å²) in [5.74, 6) is -0.789. The number of carbonyl (C=O) groups is 2. The molecule has 2 aromatic rings. The van der Waals surface area contributed by atoms with Gasteiger partial charge in [-0.05, 0) is 49.2 Å². The van der Waals surface area contributed by atoms with Crippen LogP contribution in [0.5, 0.6) is 0 Å². The van der Waals surface area contributed by atoms with E-state index in [2.05, 4.69) is 4.74 Å². The molecule has 0 spiro atoms. The second-order valence-electron chi connectivity index (χ2n) is 6.46. The molecule has 1 aliphatic heterocycles. The first-order chi connectivity index (χ1) is 12.9. The zero-order valence-electron chi connectivity index (χ0n) is 15.0. The van der Waals surface area contributed by atoms with E-state index in [1.54, 1.807) is 47.4 Å². The molecule has 1 saturated heterocycles. The molecule has 0 N–H and O–H groups in total. The van der Waals surface area contributed by atoms with E-state index >= 15 is 0 Å². The first kappa shape index (κ1) is 19.1. The number of amides is 1. The SMILES string of the molecule is COC(=O)c1ccc(C(=O)N2CCC[C@H]2CS(=O)(=O)c2ccccc2)cc1. The number of carbonyl (C=O) groups excluding carboxylic acids is 2. The standard InChI is InChI=1S/C20H21NO5S/c1-26-20(23)16-11-9-15(10-12-16)19(22)21-13-5-6-17(21)14-27(24,25)18-7-3-2-4-8-18/h2-4,7-12,17H,5-6,13-14H2,1H3/t17-/m0/s1. The Labute approximate surface area is 158 Å². The van der Waals surface area contributed by atoms with Crippen LogP contribution in [0.2, 0.25) is 0 Å². The molecule has 0 aromatic heterocycles. The van der Waals surface area contributed by atoms with Crippen molar-refractivity contribution in [3.05, 3.63) is 65.7 Å².